The minimum Gasteiger partial charge on any atom is -0.508 e. The summed E-state index contributed by atoms with van der Waals surface area (Å²) in [7, 11) is 1.63. The summed E-state index contributed by atoms with van der Waals surface area (Å²) in [4.78, 5) is 4.32. The number of aromatic hydroxyl groups is 1. The average Bonchev–Trinajstić information content (AvgIpc) is 2.80. The van der Waals surface area contributed by atoms with Crippen molar-refractivity contribution in [2.75, 3.05) is 7.11 Å². The zero-order valence-electron chi connectivity index (χ0n) is 10.6. The van der Waals surface area contributed by atoms with Gasteiger partial charge in [0.25, 0.3) is 5.89 Å². The van der Waals surface area contributed by atoms with Gasteiger partial charge in [0.15, 0.2) is 0 Å². The molecule has 0 aliphatic rings. The fraction of sp³-hybridized carbons (Fsp3) is 0.385. The second kappa shape index (κ2) is 5.18. The molecule has 0 bridgehead atoms. The number of hydrogen-bond donors (Lipinski definition) is 1. The van der Waals surface area contributed by atoms with E-state index >= 15 is 0 Å². The molecule has 18 heavy (non-hydrogen) atoms. The molecule has 1 atom stereocenters. The molecule has 5 heteroatoms. The first-order chi connectivity index (χ1) is 8.61. The molecule has 0 saturated carbocycles. The standard InChI is InChI=1S/C13H16N2O3/c1-8(2)11(17-3)12-14-13(18-15-12)9-4-6-10(16)7-5-9/h4-8,11,16H,1-3H3. The molecular formula is C13H16N2O3. The number of benzene rings is 1. The molecule has 0 spiro atoms. The second-order valence-corrected chi connectivity index (χ2v) is 4.40. The van der Waals surface area contributed by atoms with E-state index in [9.17, 15) is 5.11 Å². The van der Waals surface area contributed by atoms with Crippen LogP contribution >= 0.6 is 0 Å². The van der Waals surface area contributed by atoms with Gasteiger partial charge in [0.2, 0.25) is 5.82 Å². The molecule has 0 aliphatic heterocycles. The minimum atomic E-state index is -0.181. The topological polar surface area (TPSA) is 68.4 Å². The van der Waals surface area contributed by atoms with E-state index in [4.69, 9.17) is 9.26 Å². The maximum absolute atomic E-state index is 9.22. The molecule has 1 aromatic carbocycles. The van der Waals surface area contributed by atoms with Gasteiger partial charge in [-0.2, -0.15) is 4.98 Å². The van der Waals surface area contributed by atoms with Gasteiger partial charge >= 0.3 is 0 Å². The average molecular weight is 248 g/mol. The van der Waals surface area contributed by atoms with Crippen molar-refractivity contribution in [1.29, 1.82) is 0 Å². The molecule has 0 amide bonds. The van der Waals surface area contributed by atoms with Crippen LogP contribution in [0.3, 0.4) is 0 Å². The van der Waals surface area contributed by atoms with Gasteiger partial charge in [-0.3, -0.25) is 0 Å². The number of rotatable bonds is 4. The molecular weight excluding hydrogens is 232 g/mol. The molecule has 2 rings (SSSR count). The molecule has 1 aromatic heterocycles. The Balaban J connectivity index is 2.27. The van der Waals surface area contributed by atoms with Gasteiger partial charge in [-0.1, -0.05) is 19.0 Å². The van der Waals surface area contributed by atoms with E-state index < -0.39 is 0 Å². The fourth-order valence-corrected chi connectivity index (χ4v) is 1.75. The van der Waals surface area contributed by atoms with Gasteiger partial charge in [-0.15, -0.1) is 0 Å². The van der Waals surface area contributed by atoms with Crippen molar-refractivity contribution in [3.63, 3.8) is 0 Å². The summed E-state index contributed by atoms with van der Waals surface area (Å²) in [6.45, 7) is 4.06. The summed E-state index contributed by atoms with van der Waals surface area (Å²) in [6.07, 6.45) is -0.181. The van der Waals surface area contributed by atoms with Crippen molar-refractivity contribution in [3.8, 4) is 17.2 Å². The van der Waals surface area contributed by atoms with Crippen LogP contribution in [0.15, 0.2) is 28.8 Å². The van der Waals surface area contributed by atoms with Gasteiger partial charge in [0.1, 0.15) is 11.9 Å². The van der Waals surface area contributed by atoms with Gasteiger partial charge in [-0.25, -0.2) is 0 Å². The molecule has 0 radical (unpaired) electrons. The van der Waals surface area contributed by atoms with Crippen LogP contribution in [0.1, 0.15) is 25.8 Å². The lowest BCUT2D eigenvalue weighted by atomic mass is 10.1. The van der Waals surface area contributed by atoms with Crippen molar-refractivity contribution in [1.82, 2.24) is 10.1 Å². The molecule has 0 saturated heterocycles. The van der Waals surface area contributed by atoms with Gasteiger partial charge in [0, 0.05) is 12.7 Å². The van der Waals surface area contributed by atoms with Gasteiger partial charge in [-0.05, 0) is 30.2 Å². The Labute approximate surface area is 105 Å². The number of nitrogens with zero attached hydrogens (tertiary/aromatic N) is 2. The first-order valence-electron chi connectivity index (χ1n) is 5.77. The van der Waals surface area contributed by atoms with Crippen LogP contribution in [0, 0.1) is 5.92 Å². The number of phenolic OH excluding ortho intramolecular Hbond substituents is 1. The zero-order valence-corrected chi connectivity index (χ0v) is 10.6. The summed E-state index contributed by atoms with van der Waals surface area (Å²) < 4.78 is 10.5. The maximum atomic E-state index is 9.22. The number of aromatic nitrogens is 2. The molecule has 1 heterocycles. The molecule has 0 fully saturated rings. The lowest BCUT2D eigenvalue weighted by molar-refractivity contribution is 0.0556. The first kappa shape index (κ1) is 12.6. The number of hydrogen-bond acceptors (Lipinski definition) is 5. The van der Waals surface area contributed by atoms with E-state index in [-0.39, 0.29) is 17.8 Å². The normalized spacial score (nSPS) is 12.9. The van der Waals surface area contributed by atoms with Crippen molar-refractivity contribution < 1.29 is 14.4 Å². The minimum absolute atomic E-state index is 0.181. The van der Waals surface area contributed by atoms with Crippen LogP contribution in [-0.4, -0.2) is 22.4 Å². The Morgan fingerprint density at radius 1 is 1.22 bits per heavy atom. The van der Waals surface area contributed by atoms with Crippen LogP contribution < -0.4 is 0 Å². The Morgan fingerprint density at radius 3 is 2.44 bits per heavy atom. The molecule has 0 aliphatic carbocycles. The number of ether oxygens (including phenoxy) is 1. The largest absolute Gasteiger partial charge is 0.508 e. The predicted molar refractivity (Wildman–Crippen MR) is 66.0 cm³/mol. The molecule has 96 valence electrons. The molecule has 2 aromatic rings. The van der Waals surface area contributed by atoms with Crippen molar-refractivity contribution in [2.45, 2.75) is 20.0 Å². The highest BCUT2D eigenvalue weighted by atomic mass is 16.5. The van der Waals surface area contributed by atoms with Gasteiger partial charge < -0.3 is 14.4 Å². The van der Waals surface area contributed by atoms with E-state index in [2.05, 4.69) is 10.1 Å². The predicted octanol–water partition coefficient (Wildman–Crippen LogP) is 2.79. The summed E-state index contributed by atoms with van der Waals surface area (Å²) in [5.41, 5.74) is 0.769. The third-order valence-electron chi connectivity index (χ3n) is 2.67. The molecule has 1 unspecified atom stereocenters. The van der Waals surface area contributed by atoms with Crippen molar-refractivity contribution >= 4 is 0 Å². The van der Waals surface area contributed by atoms with Crippen LogP contribution in [-0.2, 0) is 4.74 Å². The van der Waals surface area contributed by atoms with Crippen LogP contribution in [0.2, 0.25) is 0 Å². The number of methoxy groups -OCH3 is 1. The monoisotopic (exact) mass is 248 g/mol. The smallest absolute Gasteiger partial charge is 0.258 e. The Morgan fingerprint density at radius 2 is 1.89 bits per heavy atom. The van der Waals surface area contributed by atoms with Crippen molar-refractivity contribution in [3.05, 3.63) is 30.1 Å². The summed E-state index contributed by atoms with van der Waals surface area (Å²) >= 11 is 0. The SMILES string of the molecule is COC(c1noc(-c2ccc(O)cc2)n1)C(C)C. The van der Waals surface area contributed by atoms with E-state index in [1.807, 2.05) is 13.8 Å². The van der Waals surface area contributed by atoms with Crippen molar-refractivity contribution in [2.24, 2.45) is 5.92 Å². The van der Waals surface area contributed by atoms with Crippen LogP contribution in [0.5, 0.6) is 5.75 Å². The second-order valence-electron chi connectivity index (χ2n) is 4.40. The number of phenols is 1. The lowest BCUT2D eigenvalue weighted by Crippen LogP contribution is -2.10. The maximum Gasteiger partial charge on any atom is 0.258 e. The van der Waals surface area contributed by atoms with E-state index in [1.54, 1.807) is 31.4 Å². The highest BCUT2D eigenvalue weighted by molar-refractivity contribution is 5.53. The third-order valence-corrected chi connectivity index (χ3v) is 2.67. The van der Waals surface area contributed by atoms with Crippen LogP contribution in [0.25, 0.3) is 11.5 Å². The highest BCUT2D eigenvalue weighted by Crippen LogP contribution is 2.26. The Hall–Kier alpha value is -1.88. The third kappa shape index (κ3) is 2.51. The Bertz CT molecular complexity index is 505. The van der Waals surface area contributed by atoms with E-state index in [1.165, 1.54) is 0 Å². The Kier molecular flexibility index (Phi) is 3.62. The first-order valence-corrected chi connectivity index (χ1v) is 5.77. The molecule has 1 N–H and O–H groups in total. The van der Waals surface area contributed by atoms with E-state index in [0.717, 1.165) is 5.56 Å². The van der Waals surface area contributed by atoms with E-state index in [0.29, 0.717) is 11.7 Å². The fourth-order valence-electron chi connectivity index (χ4n) is 1.75. The van der Waals surface area contributed by atoms with Crippen LogP contribution in [0.4, 0.5) is 0 Å². The highest BCUT2D eigenvalue weighted by Gasteiger charge is 2.21. The zero-order chi connectivity index (χ0) is 13.1. The summed E-state index contributed by atoms with van der Waals surface area (Å²) in [5.74, 6) is 1.43. The quantitative estimate of drug-likeness (QED) is 0.901. The van der Waals surface area contributed by atoms with Gasteiger partial charge in [0.05, 0.1) is 0 Å². The summed E-state index contributed by atoms with van der Waals surface area (Å²) in [5, 5.41) is 13.2. The summed E-state index contributed by atoms with van der Waals surface area (Å²) in [6, 6.07) is 6.61. The lowest BCUT2D eigenvalue weighted by Gasteiger charge is -2.14. The molecule has 5 nitrogen and oxygen atoms in total.